The molecule has 0 aliphatic heterocycles. The molecule has 0 aliphatic carbocycles. The summed E-state index contributed by atoms with van der Waals surface area (Å²) >= 11 is 0. The van der Waals surface area contributed by atoms with Gasteiger partial charge in [0.15, 0.2) is 5.82 Å². The molecule has 0 spiro atoms. The van der Waals surface area contributed by atoms with Gasteiger partial charge in [-0.2, -0.15) is 0 Å². The van der Waals surface area contributed by atoms with Crippen LogP contribution in [0.1, 0.15) is 11.4 Å². The molecule has 6 heteroatoms. The minimum Gasteiger partial charge on any atom is -0.495 e. The average Bonchev–Trinajstić information content (AvgIpc) is 2.62. The number of ether oxygens (including phenoxy) is 1. The van der Waals surface area contributed by atoms with Crippen molar-refractivity contribution in [3.8, 4) is 17.3 Å². The molecule has 0 saturated carbocycles. The number of rotatable bonds is 5. The number of hydrogen-bond acceptors (Lipinski definition) is 6. The molecule has 0 radical (unpaired) electrons. The first-order valence-electron chi connectivity index (χ1n) is 7.63. The van der Waals surface area contributed by atoms with E-state index in [1.165, 1.54) is 0 Å². The normalized spacial score (nSPS) is 10.5. The van der Waals surface area contributed by atoms with Crippen molar-refractivity contribution in [1.29, 1.82) is 0 Å². The van der Waals surface area contributed by atoms with Crippen LogP contribution in [0.4, 0.5) is 5.82 Å². The van der Waals surface area contributed by atoms with Gasteiger partial charge in [0, 0.05) is 25.0 Å². The van der Waals surface area contributed by atoms with E-state index in [4.69, 9.17) is 4.74 Å². The lowest BCUT2D eigenvalue weighted by Gasteiger charge is -2.18. The van der Waals surface area contributed by atoms with Gasteiger partial charge >= 0.3 is 0 Å². The molecule has 122 valence electrons. The molecule has 0 aliphatic rings. The highest BCUT2D eigenvalue weighted by Crippen LogP contribution is 2.19. The number of nitrogens with zero attached hydrogens (tertiary/aromatic N) is 5. The van der Waals surface area contributed by atoms with Crippen LogP contribution in [0.3, 0.4) is 0 Å². The fourth-order valence-corrected chi connectivity index (χ4v) is 2.31. The minimum absolute atomic E-state index is 0.625. The largest absolute Gasteiger partial charge is 0.495 e. The van der Waals surface area contributed by atoms with E-state index >= 15 is 0 Å². The van der Waals surface area contributed by atoms with Gasteiger partial charge in [0.2, 0.25) is 0 Å². The molecule has 0 amide bonds. The van der Waals surface area contributed by atoms with E-state index < -0.39 is 0 Å². The lowest BCUT2D eigenvalue weighted by atomic mass is 10.3. The molecule has 3 aromatic heterocycles. The molecule has 0 fully saturated rings. The van der Waals surface area contributed by atoms with Crippen molar-refractivity contribution < 1.29 is 4.74 Å². The standard InChI is InChI=1S/C18H19N5O/c1-13-10-17(22-18(21-13)16-6-4-5-9-19-16)23(2)12-14-7-8-15(24-3)11-20-14/h4-11H,12H2,1-3H3. The SMILES string of the molecule is COc1ccc(CN(C)c2cc(C)nc(-c3ccccn3)n2)nc1. The smallest absolute Gasteiger partial charge is 0.180 e. The van der Waals surface area contributed by atoms with Crippen LogP contribution >= 0.6 is 0 Å². The fourth-order valence-electron chi connectivity index (χ4n) is 2.31. The van der Waals surface area contributed by atoms with E-state index in [1.807, 2.05) is 55.3 Å². The first-order valence-corrected chi connectivity index (χ1v) is 7.63. The third-order valence-electron chi connectivity index (χ3n) is 3.56. The van der Waals surface area contributed by atoms with Crippen molar-refractivity contribution in [2.45, 2.75) is 13.5 Å². The van der Waals surface area contributed by atoms with Crippen LogP contribution in [0.2, 0.25) is 0 Å². The molecule has 3 rings (SSSR count). The summed E-state index contributed by atoms with van der Waals surface area (Å²) in [6.07, 6.45) is 3.46. The van der Waals surface area contributed by atoms with Crippen molar-refractivity contribution in [3.63, 3.8) is 0 Å². The molecule has 0 atom stereocenters. The summed E-state index contributed by atoms with van der Waals surface area (Å²) in [6, 6.07) is 11.5. The van der Waals surface area contributed by atoms with Gasteiger partial charge in [-0.3, -0.25) is 9.97 Å². The highest BCUT2D eigenvalue weighted by molar-refractivity contribution is 5.53. The second-order valence-electron chi connectivity index (χ2n) is 5.45. The maximum absolute atomic E-state index is 5.14. The summed E-state index contributed by atoms with van der Waals surface area (Å²) in [5.74, 6) is 2.21. The molecule has 0 aromatic carbocycles. The van der Waals surface area contributed by atoms with Gasteiger partial charge in [-0.25, -0.2) is 9.97 Å². The van der Waals surface area contributed by atoms with Crippen molar-refractivity contribution in [1.82, 2.24) is 19.9 Å². The van der Waals surface area contributed by atoms with Gasteiger partial charge in [-0.15, -0.1) is 0 Å². The number of anilines is 1. The maximum atomic E-state index is 5.14. The molecule has 0 bridgehead atoms. The Bertz CT molecular complexity index is 805. The van der Waals surface area contributed by atoms with Crippen molar-refractivity contribution in [3.05, 3.63) is 60.2 Å². The molecular weight excluding hydrogens is 302 g/mol. The number of aryl methyl sites for hydroxylation is 1. The van der Waals surface area contributed by atoms with Crippen LogP contribution in [0.25, 0.3) is 11.5 Å². The Balaban J connectivity index is 1.84. The van der Waals surface area contributed by atoms with Crippen LogP contribution in [0.5, 0.6) is 5.75 Å². The van der Waals surface area contributed by atoms with Crippen LogP contribution in [-0.2, 0) is 6.54 Å². The Hall–Kier alpha value is -3.02. The Morgan fingerprint density at radius 2 is 1.96 bits per heavy atom. The van der Waals surface area contributed by atoms with Crippen LogP contribution in [-0.4, -0.2) is 34.1 Å². The quantitative estimate of drug-likeness (QED) is 0.720. The maximum Gasteiger partial charge on any atom is 0.180 e. The first-order chi connectivity index (χ1) is 11.7. The number of pyridine rings is 2. The van der Waals surface area contributed by atoms with Crippen LogP contribution in [0.15, 0.2) is 48.8 Å². The zero-order valence-electron chi connectivity index (χ0n) is 14.0. The van der Waals surface area contributed by atoms with Gasteiger partial charge in [-0.05, 0) is 31.2 Å². The van der Waals surface area contributed by atoms with E-state index in [2.05, 4.69) is 19.9 Å². The number of hydrogen-bond donors (Lipinski definition) is 0. The van der Waals surface area contributed by atoms with E-state index in [9.17, 15) is 0 Å². The van der Waals surface area contributed by atoms with Gasteiger partial charge in [0.25, 0.3) is 0 Å². The second-order valence-corrected chi connectivity index (χ2v) is 5.45. The molecule has 6 nitrogen and oxygen atoms in total. The minimum atomic E-state index is 0.625. The number of aromatic nitrogens is 4. The zero-order chi connectivity index (χ0) is 16.9. The third kappa shape index (κ3) is 3.65. The second kappa shape index (κ2) is 7.04. The van der Waals surface area contributed by atoms with Gasteiger partial charge in [-0.1, -0.05) is 6.07 Å². The average molecular weight is 321 g/mol. The Morgan fingerprint density at radius 1 is 1.08 bits per heavy atom. The van der Waals surface area contributed by atoms with E-state index in [1.54, 1.807) is 19.5 Å². The summed E-state index contributed by atoms with van der Waals surface area (Å²) in [7, 11) is 3.61. The monoisotopic (exact) mass is 321 g/mol. The molecule has 0 saturated heterocycles. The van der Waals surface area contributed by atoms with Gasteiger partial charge < -0.3 is 9.64 Å². The Labute approximate surface area is 141 Å². The topological polar surface area (TPSA) is 64.0 Å². The lowest BCUT2D eigenvalue weighted by Crippen LogP contribution is -2.19. The molecule has 0 N–H and O–H groups in total. The van der Waals surface area contributed by atoms with Crippen molar-refractivity contribution >= 4 is 5.82 Å². The zero-order valence-corrected chi connectivity index (χ0v) is 14.0. The van der Waals surface area contributed by atoms with Crippen LogP contribution < -0.4 is 9.64 Å². The fraction of sp³-hybridized carbons (Fsp3) is 0.222. The van der Waals surface area contributed by atoms with E-state index in [0.717, 1.165) is 28.6 Å². The molecule has 24 heavy (non-hydrogen) atoms. The van der Waals surface area contributed by atoms with Crippen molar-refractivity contribution in [2.24, 2.45) is 0 Å². The Kier molecular flexibility index (Phi) is 4.65. The van der Waals surface area contributed by atoms with Gasteiger partial charge in [0.1, 0.15) is 17.3 Å². The third-order valence-corrected chi connectivity index (χ3v) is 3.56. The van der Waals surface area contributed by atoms with E-state index in [0.29, 0.717) is 12.4 Å². The molecule has 0 unspecified atom stereocenters. The predicted octanol–water partition coefficient (Wildman–Crippen LogP) is 2.89. The summed E-state index contributed by atoms with van der Waals surface area (Å²) in [6.45, 7) is 2.60. The summed E-state index contributed by atoms with van der Waals surface area (Å²) in [4.78, 5) is 19.9. The lowest BCUT2D eigenvalue weighted by molar-refractivity contribution is 0.412. The molecule has 3 heterocycles. The van der Waals surface area contributed by atoms with Crippen LogP contribution in [0, 0.1) is 6.92 Å². The summed E-state index contributed by atoms with van der Waals surface area (Å²) in [5, 5.41) is 0. The highest BCUT2D eigenvalue weighted by atomic mass is 16.5. The van der Waals surface area contributed by atoms with Crippen molar-refractivity contribution in [2.75, 3.05) is 19.1 Å². The first kappa shape index (κ1) is 15.9. The molecule has 3 aromatic rings. The molecular formula is C18H19N5O. The summed E-state index contributed by atoms with van der Waals surface area (Å²) < 4.78 is 5.14. The highest BCUT2D eigenvalue weighted by Gasteiger charge is 2.10. The summed E-state index contributed by atoms with van der Waals surface area (Å²) in [5.41, 5.74) is 2.60. The predicted molar refractivity (Wildman–Crippen MR) is 92.9 cm³/mol. The van der Waals surface area contributed by atoms with Gasteiger partial charge in [0.05, 0.1) is 25.5 Å². The number of methoxy groups -OCH3 is 1. The Morgan fingerprint density at radius 3 is 2.62 bits per heavy atom. The van der Waals surface area contributed by atoms with E-state index in [-0.39, 0.29) is 0 Å².